The number of carbonyl (C=O) groups excluding carboxylic acids is 1. The summed E-state index contributed by atoms with van der Waals surface area (Å²) < 4.78 is 6.82. The summed E-state index contributed by atoms with van der Waals surface area (Å²) in [4.78, 5) is 20.1. The van der Waals surface area contributed by atoms with Crippen LogP contribution < -0.4 is 0 Å². The molecular formula is C20H19N3O3. The topological polar surface area (TPSA) is 79.6 Å². The molecule has 2 N–H and O–H groups in total. The Morgan fingerprint density at radius 2 is 1.96 bits per heavy atom. The zero-order valence-electron chi connectivity index (χ0n) is 14.6. The van der Waals surface area contributed by atoms with Crippen LogP contribution in [0.5, 0.6) is 0 Å². The SMILES string of the molecule is CCOC(=O)C(O)c1c(-c2ccc(C)cc2)nc2[nH]c3ccccc3n12. The number of aryl methyl sites for hydroxylation is 1. The molecule has 26 heavy (non-hydrogen) atoms. The first kappa shape index (κ1) is 16.4. The number of benzene rings is 2. The summed E-state index contributed by atoms with van der Waals surface area (Å²) in [6.07, 6.45) is -1.43. The Labute approximate surface area is 150 Å². The first-order chi connectivity index (χ1) is 12.6. The van der Waals surface area contributed by atoms with Crippen molar-refractivity contribution < 1.29 is 14.6 Å². The van der Waals surface area contributed by atoms with Crippen LogP contribution >= 0.6 is 0 Å². The first-order valence-electron chi connectivity index (χ1n) is 8.51. The molecular weight excluding hydrogens is 330 g/mol. The molecule has 0 saturated carbocycles. The third-order valence-electron chi connectivity index (χ3n) is 4.40. The van der Waals surface area contributed by atoms with E-state index >= 15 is 0 Å². The van der Waals surface area contributed by atoms with Gasteiger partial charge >= 0.3 is 5.97 Å². The highest BCUT2D eigenvalue weighted by Gasteiger charge is 2.29. The minimum atomic E-state index is -1.43. The van der Waals surface area contributed by atoms with E-state index < -0.39 is 12.1 Å². The van der Waals surface area contributed by atoms with Crippen LogP contribution in [0.15, 0.2) is 48.5 Å². The highest BCUT2D eigenvalue weighted by atomic mass is 16.5. The number of para-hydroxylation sites is 2. The second-order valence-corrected chi connectivity index (χ2v) is 6.17. The molecule has 4 rings (SSSR count). The number of esters is 1. The van der Waals surface area contributed by atoms with Crippen molar-refractivity contribution in [3.63, 3.8) is 0 Å². The standard InChI is InChI=1S/C20H19N3O3/c1-3-26-19(25)18(24)17-16(13-10-8-12(2)9-11-13)22-20-21-14-6-4-5-7-15(14)23(17)20/h4-11,18,24H,3H2,1-2H3,(H,21,22). The number of ether oxygens (including phenoxy) is 1. The van der Waals surface area contributed by atoms with Gasteiger partial charge in [-0.15, -0.1) is 0 Å². The summed E-state index contributed by atoms with van der Waals surface area (Å²) in [6, 6.07) is 15.5. The zero-order valence-corrected chi connectivity index (χ0v) is 14.6. The quantitative estimate of drug-likeness (QED) is 0.554. The number of aromatic amines is 1. The second-order valence-electron chi connectivity index (χ2n) is 6.17. The number of nitrogens with one attached hydrogen (secondary N) is 1. The molecule has 2 aromatic heterocycles. The van der Waals surface area contributed by atoms with E-state index in [-0.39, 0.29) is 6.61 Å². The molecule has 1 unspecified atom stereocenters. The predicted octanol–water partition coefficient (Wildman–Crippen LogP) is 3.39. The molecule has 0 saturated heterocycles. The smallest absolute Gasteiger partial charge is 0.341 e. The van der Waals surface area contributed by atoms with Crippen molar-refractivity contribution in [1.82, 2.24) is 14.4 Å². The number of hydrogen-bond donors (Lipinski definition) is 2. The molecule has 0 aliphatic rings. The summed E-state index contributed by atoms with van der Waals surface area (Å²) in [5, 5.41) is 10.7. The van der Waals surface area contributed by atoms with Gasteiger partial charge in [-0.25, -0.2) is 9.78 Å². The van der Waals surface area contributed by atoms with Crippen LogP contribution in [0.1, 0.15) is 24.3 Å². The van der Waals surface area contributed by atoms with E-state index in [0.29, 0.717) is 17.2 Å². The van der Waals surface area contributed by atoms with Gasteiger partial charge in [-0.2, -0.15) is 0 Å². The van der Waals surface area contributed by atoms with Gasteiger partial charge < -0.3 is 14.8 Å². The Kier molecular flexibility index (Phi) is 3.97. The predicted molar refractivity (Wildman–Crippen MR) is 98.8 cm³/mol. The monoisotopic (exact) mass is 349 g/mol. The van der Waals surface area contributed by atoms with Gasteiger partial charge in [0.05, 0.1) is 29.0 Å². The van der Waals surface area contributed by atoms with E-state index in [2.05, 4.69) is 9.97 Å². The highest BCUT2D eigenvalue weighted by molar-refractivity contribution is 5.85. The van der Waals surface area contributed by atoms with Gasteiger partial charge in [-0.1, -0.05) is 42.0 Å². The number of nitrogens with zero attached hydrogens (tertiary/aromatic N) is 2. The van der Waals surface area contributed by atoms with Gasteiger partial charge in [0.2, 0.25) is 5.78 Å². The lowest BCUT2D eigenvalue weighted by Crippen LogP contribution is -2.17. The van der Waals surface area contributed by atoms with Gasteiger partial charge in [0.1, 0.15) is 0 Å². The molecule has 4 aromatic rings. The van der Waals surface area contributed by atoms with Gasteiger partial charge in [0, 0.05) is 5.56 Å². The average Bonchev–Trinajstić information content (AvgIpc) is 3.18. The molecule has 132 valence electrons. The molecule has 0 bridgehead atoms. The van der Waals surface area contributed by atoms with Crippen LogP contribution in [0.4, 0.5) is 0 Å². The summed E-state index contributed by atoms with van der Waals surface area (Å²) in [7, 11) is 0. The normalized spacial score (nSPS) is 12.6. The van der Waals surface area contributed by atoms with Crippen molar-refractivity contribution in [3.05, 3.63) is 59.8 Å². The minimum absolute atomic E-state index is 0.200. The van der Waals surface area contributed by atoms with Crippen LogP contribution in [0.2, 0.25) is 0 Å². The summed E-state index contributed by atoms with van der Waals surface area (Å²) in [5.41, 5.74) is 4.63. The number of aliphatic hydroxyl groups is 1. The fraction of sp³-hybridized carbons (Fsp3) is 0.200. The van der Waals surface area contributed by atoms with Gasteiger partial charge in [-0.05, 0) is 26.0 Å². The van der Waals surface area contributed by atoms with Crippen molar-refractivity contribution >= 4 is 22.8 Å². The van der Waals surface area contributed by atoms with Crippen LogP contribution in [-0.4, -0.2) is 32.1 Å². The number of rotatable bonds is 4. The molecule has 0 fully saturated rings. The third-order valence-corrected chi connectivity index (χ3v) is 4.40. The lowest BCUT2D eigenvalue weighted by Gasteiger charge is -2.12. The minimum Gasteiger partial charge on any atom is -0.464 e. The fourth-order valence-electron chi connectivity index (χ4n) is 3.16. The number of fused-ring (bicyclic) bond motifs is 3. The maximum absolute atomic E-state index is 12.3. The maximum Gasteiger partial charge on any atom is 0.341 e. The number of imidazole rings is 2. The summed E-state index contributed by atoms with van der Waals surface area (Å²) in [5.74, 6) is -0.118. The van der Waals surface area contributed by atoms with Crippen LogP contribution in [0, 0.1) is 6.92 Å². The van der Waals surface area contributed by atoms with Gasteiger partial charge in [0.15, 0.2) is 6.10 Å². The van der Waals surface area contributed by atoms with Crippen molar-refractivity contribution in [2.45, 2.75) is 20.0 Å². The van der Waals surface area contributed by atoms with Crippen molar-refractivity contribution in [2.24, 2.45) is 0 Å². The van der Waals surface area contributed by atoms with E-state index in [1.54, 1.807) is 11.3 Å². The van der Waals surface area contributed by atoms with E-state index in [0.717, 1.165) is 22.2 Å². The fourth-order valence-corrected chi connectivity index (χ4v) is 3.16. The largest absolute Gasteiger partial charge is 0.464 e. The average molecular weight is 349 g/mol. The van der Waals surface area contributed by atoms with Crippen molar-refractivity contribution in [2.75, 3.05) is 6.61 Å². The molecule has 0 aliphatic carbocycles. The molecule has 6 heteroatoms. The molecule has 0 amide bonds. The molecule has 6 nitrogen and oxygen atoms in total. The summed E-state index contributed by atoms with van der Waals surface area (Å²) in [6.45, 7) is 3.91. The van der Waals surface area contributed by atoms with Crippen molar-refractivity contribution in [1.29, 1.82) is 0 Å². The van der Waals surface area contributed by atoms with E-state index in [9.17, 15) is 9.90 Å². The zero-order chi connectivity index (χ0) is 18.3. The molecule has 2 heterocycles. The van der Waals surface area contributed by atoms with E-state index in [1.807, 2.05) is 55.5 Å². The molecule has 1 atom stereocenters. The van der Waals surface area contributed by atoms with Crippen LogP contribution in [-0.2, 0) is 9.53 Å². The first-order valence-corrected chi connectivity index (χ1v) is 8.51. The number of aromatic nitrogens is 3. The molecule has 0 aliphatic heterocycles. The lowest BCUT2D eigenvalue weighted by molar-refractivity contribution is -0.153. The van der Waals surface area contributed by atoms with Crippen molar-refractivity contribution in [3.8, 4) is 11.3 Å². The maximum atomic E-state index is 12.3. The van der Waals surface area contributed by atoms with E-state index in [1.165, 1.54) is 0 Å². The Morgan fingerprint density at radius 3 is 2.69 bits per heavy atom. The molecule has 2 aromatic carbocycles. The Hall–Kier alpha value is -3.12. The highest BCUT2D eigenvalue weighted by Crippen LogP contribution is 2.32. The number of H-pyrrole nitrogens is 1. The second kappa shape index (κ2) is 6.31. The number of aliphatic hydroxyl groups excluding tert-OH is 1. The van der Waals surface area contributed by atoms with Gasteiger partial charge in [-0.3, -0.25) is 4.40 Å². The van der Waals surface area contributed by atoms with E-state index in [4.69, 9.17) is 4.74 Å². The molecule has 0 spiro atoms. The van der Waals surface area contributed by atoms with Crippen LogP contribution in [0.25, 0.3) is 28.1 Å². The lowest BCUT2D eigenvalue weighted by atomic mass is 10.1. The number of hydrogen-bond acceptors (Lipinski definition) is 4. The summed E-state index contributed by atoms with van der Waals surface area (Å²) >= 11 is 0. The Balaban J connectivity index is 2.00. The Morgan fingerprint density at radius 1 is 1.23 bits per heavy atom. The Bertz CT molecular complexity index is 1090. The number of carbonyl (C=O) groups is 1. The third kappa shape index (κ3) is 2.55. The van der Waals surface area contributed by atoms with Crippen LogP contribution in [0.3, 0.4) is 0 Å². The van der Waals surface area contributed by atoms with Gasteiger partial charge in [0.25, 0.3) is 0 Å². The molecule has 0 radical (unpaired) electrons.